The lowest BCUT2D eigenvalue weighted by molar-refractivity contribution is -0.122. The highest BCUT2D eigenvalue weighted by Gasteiger charge is 2.11. The molecule has 2 amide bonds. The first-order valence-corrected chi connectivity index (χ1v) is 14.2. The molecule has 0 aliphatic heterocycles. The molecule has 6 rings (SSSR count). The maximum atomic E-state index is 12.5. The first kappa shape index (κ1) is 27.0. The number of hydrogen-bond donors (Lipinski definition) is 4. The number of para-hydroxylation sites is 4. The van der Waals surface area contributed by atoms with Crippen LogP contribution in [0.15, 0.2) is 97.1 Å². The van der Waals surface area contributed by atoms with Gasteiger partial charge in [0.05, 0.1) is 33.4 Å². The van der Waals surface area contributed by atoms with E-state index in [-0.39, 0.29) is 11.8 Å². The van der Waals surface area contributed by atoms with Crippen LogP contribution in [0.5, 0.6) is 0 Å². The third kappa shape index (κ3) is 5.93. The average Bonchev–Trinajstić information content (AvgIpc) is 3.02. The van der Waals surface area contributed by atoms with E-state index in [1.54, 1.807) is 0 Å². The highest BCUT2D eigenvalue weighted by Crippen LogP contribution is 2.31. The zero-order valence-corrected chi connectivity index (χ0v) is 23.2. The highest BCUT2D eigenvalue weighted by atomic mass is 16.2. The Morgan fingerprint density at radius 3 is 1.10 bits per heavy atom. The van der Waals surface area contributed by atoms with Gasteiger partial charge in [0.2, 0.25) is 11.8 Å². The predicted octanol–water partition coefficient (Wildman–Crippen LogP) is 5.63. The summed E-state index contributed by atoms with van der Waals surface area (Å²) >= 11 is 0. The number of carbonyl (C=O) groups is 2. The Balaban J connectivity index is 0.948. The van der Waals surface area contributed by atoms with Crippen LogP contribution in [-0.4, -0.2) is 48.0 Å². The molecular weight excluding hydrogens is 524 g/mol. The van der Waals surface area contributed by atoms with Crippen molar-refractivity contribution in [2.45, 2.75) is 12.8 Å². The number of fused-ring (bicyclic) bond motifs is 4. The van der Waals surface area contributed by atoms with E-state index in [0.29, 0.717) is 39.0 Å². The largest absolute Gasteiger partial charge is 0.383 e. The van der Waals surface area contributed by atoms with Gasteiger partial charge < -0.3 is 21.3 Å². The number of benzene rings is 4. The van der Waals surface area contributed by atoms with Crippen molar-refractivity contribution in [3.63, 3.8) is 0 Å². The van der Waals surface area contributed by atoms with Gasteiger partial charge in [-0.05, 0) is 24.3 Å². The van der Waals surface area contributed by atoms with Crippen LogP contribution in [0, 0.1) is 0 Å². The van der Waals surface area contributed by atoms with Crippen LogP contribution >= 0.6 is 0 Å². The molecule has 42 heavy (non-hydrogen) atoms. The van der Waals surface area contributed by atoms with Gasteiger partial charge in [-0.1, -0.05) is 72.8 Å². The molecule has 0 spiro atoms. The molecule has 0 unspecified atom stereocenters. The number of nitrogens with zero attached hydrogens (tertiary/aromatic N) is 2. The molecule has 0 aliphatic carbocycles. The standard InChI is InChI=1S/C34H32N6O2/c41-31(17-19-37-33-23-9-1-5-13-27(23)39-28-14-6-2-10-24(28)33)35-21-22-36-32(42)18-20-38-34-25-11-3-7-15-29(25)40-30-16-8-4-12-26(30)34/h1-16H,17-22H2,(H,35,41)(H,36,42)(H,37,39)(H,38,40). The van der Waals surface area contributed by atoms with E-state index in [4.69, 9.17) is 9.97 Å². The monoisotopic (exact) mass is 556 g/mol. The highest BCUT2D eigenvalue weighted by molar-refractivity contribution is 6.08. The Morgan fingerprint density at radius 1 is 0.452 bits per heavy atom. The summed E-state index contributed by atoms with van der Waals surface area (Å²) < 4.78 is 0. The Hall–Kier alpha value is -5.24. The van der Waals surface area contributed by atoms with Gasteiger partial charge in [-0.2, -0.15) is 0 Å². The van der Waals surface area contributed by atoms with Crippen molar-refractivity contribution >= 4 is 66.8 Å². The zero-order valence-electron chi connectivity index (χ0n) is 23.2. The topological polar surface area (TPSA) is 108 Å². The van der Waals surface area contributed by atoms with Gasteiger partial charge in [0.1, 0.15) is 0 Å². The number of aromatic nitrogens is 2. The van der Waals surface area contributed by atoms with Crippen molar-refractivity contribution in [2.24, 2.45) is 0 Å². The second-order valence-corrected chi connectivity index (χ2v) is 10.1. The van der Waals surface area contributed by atoms with Gasteiger partial charge in [-0.3, -0.25) is 9.59 Å². The second-order valence-electron chi connectivity index (χ2n) is 10.1. The summed E-state index contributed by atoms with van der Waals surface area (Å²) in [7, 11) is 0. The van der Waals surface area contributed by atoms with E-state index in [9.17, 15) is 9.59 Å². The third-order valence-corrected chi connectivity index (χ3v) is 7.25. The zero-order chi connectivity index (χ0) is 28.7. The van der Waals surface area contributed by atoms with Crippen LogP contribution in [0.4, 0.5) is 11.4 Å². The van der Waals surface area contributed by atoms with Crippen molar-refractivity contribution in [1.82, 2.24) is 20.6 Å². The summed E-state index contributed by atoms with van der Waals surface area (Å²) in [5, 5.41) is 16.8. The maximum absolute atomic E-state index is 12.5. The van der Waals surface area contributed by atoms with E-state index < -0.39 is 0 Å². The third-order valence-electron chi connectivity index (χ3n) is 7.25. The number of pyridine rings is 2. The van der Waals surface area contributed by atoms with Gasteiger partial charge in [0.15, 0.2) is 0 Å². The quantitative estimate of drug-likeness (QED) is 0.122. The molecule has 2 aromatic heterocycles. The molecule has 0 aliphatic rings. The Labute approximate surface area is 243 Å². The molecule has 6 aromatic rings. The van der Waals surface area contributed by atoms with E-state index in [1.807, 2.05) is 97.1 Å². The molecule has 0 saturated carbocycles. The fourth-order valence-corrected chi connectivity index (χ4v) is 5.24. The Morgan fingerprint density at radius 2 is 0.762 bits per heavy atom. The van der Waals surface area contributed by atoms with Crippen molar-refractivity contribution in [1.29, 1.82) is 0 Å². The smallest absolute Gasteiger partial charge is 0.221 e. The normalized spacial score (nSPS) is 11.1. The van der Waals surface area contributed by atoms with Crippen LogP contribution < -0.4 is 21.3 Å². The fraction of sp³-hybridized carbons (Fsp3) is 0.176. The summed E-state index contributed by atoms with van der Waals surface area (Å²) in [6.07, 6.45) is 0.632. The Bertz CT molecular complexity index is 1660. The van der Waals surface area contributed by atoms with Crippen LogP contribution in [0.25, 0.3) is 43.6 Å². The molecule has 8 nitrogen and oxygen atoms in total. The SMILES string of the molecule is O=C(CCNc1c2ccccc2nc2ccccc12)NCCNC(=O)CCNc1c2ccccc2nc2ccccc12. The molecule has 0 bridgehead atoms. The molecule has 0 fully saturated rings. The van der Waals surface area contributed by atoms with Crippen molar-refractivity contribution < 1.29 is 9.59 Å². The van der Waals surface area contributed by atoms with Crippen molar-refractivity contribution in [2.75, 3.05) is 36.8 Å². The van der Waals surface area contributed by atoms with Gasteiger partial charge in [-0.25, -0.2) is 9.97 Å². The minimum Gasteiger partial charge on any atom is -0.383 e. The average molecular weight is 557 g/mol. The maximum Gasteiger partial charge on any atom is 0.221 e. The summed E-state index contributed by atoms with van der Waals surface area (Å²) in [4.78, 5) is 34.4. The number of amides is 2. The summed E-state index contributed by atoms with van der Waals surface area (Å²) in [5.74, 6) is -0.143. The number of rotatable bonds is 11. The molecule has 4 N–H and O–H groups in total. The fourth-order valence-electron chi connectivity index (χ4n) is 5.24. The number of hydrogen-bond acceptors (Lipinski definition) is 6. The van der Waals surface area contributed by atoms with E-state index in [2.05, 4.69) is 21.3 Å². The van der Waals surface area contributed by atoms with Gasteiger partial charge in [0, 0.05) is 60.6 Å². The summed E-state index contributed by atoms with van der Waals surface area (Å²) in [5.41, 5.74) is 5.62. The molecular formula is C34H32N6O2. The van der Waals surface area contributed by atoms with Crippen LogP contribution in [0.3, 0.4) is 0 Å². The van der Waals surface area contributed by atoms with Crippen molar-refractivity contribution in [3.05, 3.63) is 97.1 Å². The van der Waals surface area contributed by atoms with E-state index in [0.717, 1.165) is 55.0 Å². The lowest BCUT2D eigenvalue weighted by atomic mass is 10.1. The number of carbonyl (C=O) groups excluding carboxylic acids is 2. The van der Waals surface area contributed by atoms with E-state index >= 15 is 0 Å². The Kier molecular flexibility index (Phi) is 8.03. The van der Waals surface area contributed by atoms with Crippen molar-refractivity contribution in [3.8, 4) is 0 Å². The second kappa shape index (κ2) is 12.5. The van der Waals surface area contributed by atoms with Crippen LogP contribution in [-0.2, 0) is 9.59 Å². The molecule has 4 aromatic carbocycles. The molecule has 0 saturated heterocycles. The first-order chi connectivity index (χ1) is 20.7. The molecule has 210 valence electrons. The molecule has 0 atom stereocenters. The molecule has 2 heterocycles. The van der Waals surface area contributed by atoms with Gasteiger partial charge >= 0.3 is 0 Å². The minimum atomic E-state index is -0.0717. The van der Waals surface area contributed by atoms with Crippen LogP contribution in [0.1, 0.15) is 12.8 Å². The lowest BCUT2D eigenvalue weighted by Crippen LogP contribution is -2.35. The minimum absolute atomic E-state index is 0.0717. The van der Waals surface area contributed by atoms with Gasteiger partial charge in [-0.15, -0.1) is 0 Å². The first-order valence-electron chi connectivity index (χ1n) is 14.2. The van der Waals surface area contributed by atoms with Gasteiger partial charge in [0.25, 0.3) is 0 Å². The summed E-state index contributed by atoms with van der Waals surface area (Å²) in [6, 6.07) is 32.0. The summed E-state index contributed by atoms with van der Waals surface area (Å²) in [6.45, 7) is 1.72. The molecule has 8 heteroatoms. The molecule has 0 radical (unpaired) electrons. The van der Waals surface area contributed by atoms with E-state index in [1.165, 1.54) is 0 Å². The lowest BCUT2D eigenvalue weighted by Gasteiger charge is -2.14. The number of nitrogens with one attached hydrogen (secondary N) is 4. The van der Waals surface area contributed by atoms with Crippen LogP contribution in [0.2, 0.25) is 0 Å². The number of anilines is 2. The predicted molar refractivity (Wildman–Crippen MR) is 171 cm³/mol.